The molecule has 1 rings (SSSR count). The highest BCUT2D eigenvalue weighted by Crippen LogP contribution is 2.21. The highest BCUT2D eigenvalue weighted by Gasteiger charge is 2.23. The highest BCUT2D eigenvalue weighted by atomic mass is 32.1. The van der Waals surface area contributed by atoms with Gasteiger partial charge in [-0.15, -0.1) is 0 Å². The van der Waals surface area contributed by atoms with Gasteiger partial charge in [-0.2, -0.15) is 11.3 Å². The van der Waals surface area contributed by atoms with Gasteiger partial charge in [-0.3, -0.25) is 0 Å². The molecule has 0 bridgehead atoms. The van der Waals surface area contributed by atoms with E-state index in [1.165, 1.54) is 11.3 Å². The van der Waals surface area contributed by atoms with Crippen molar-refractivity contribution in [1.82, 2.24) is 10.6 Å². The number of amides is 2. The first-order chi connectivity index (χ1) is 9.06. The van der Waals surface area contributed by atoms with E-state index in [2.05, 4.69) is 10.6 Å². The van der Waals surface area contributed by atoms with E-state index < -0.39 is 5.60 Å². The minimum Gasteiger partial charge on any atom is -0.384 e. The molecule has 0 radical (unpaired) electrons. The number of ether oxygens (including phenoxy) is 1. The fraction of sp³-hybridized carbons (Fsp3) is 0.615. The van der Waals surface area contributed by atoms with Crippen molar-refractivity contribution in [3.05, 3.63) is 22.4 Å². The summed E-state index contributed by atoms with van der Waals surface area (Å²) in [5.74, 6) is 0. The number of rotatable bonds is 8. The summed E-state index contributed by atoms with van der Waals surface area (Å²) in [4.78, 5) is 11.5. The molecule has 0 aromatic carbocycles. The lowest BCUT2D eigenvalue weighted by Gasteiger charge is -2.22. The third-order valence-corrected chi connectivity index (χ3v) is 3.37. The molecule has 1 aromatic heterocycles. The Hall–Kier alpha value is -1.11. The van der Waals surface area contributed by atoms with Gasteiger partial charge in [0.15, 0.2) is 0 Å². The molecule has 0 aliphatic heterocycles. The lowest BCUT2D eigenvalue weighted by molar-refractivity contribution is 0.0598. The molecule has 1 unspecified atom stereocenters. The first-order valence-electron chi connectivity index (χ1n) is 6.40. The van der Waals surface area contributed by atoms with Gasteiger partial charge in [0.2, 0.25) is 0 Å². The summed E-state index contributed by atoms with van der Waals surface area (Å²) in [7, 11) is 0. The fourth-order valence-electron chi connectivity index (χ4n) is 1.51. The van der Waals surface area contributed by atoms with Gasteiger partial charge in [-0.05, 0) is 42.7 Å². The van der Waals surface area contributed by atoms with Crippen molar-refractivity contribution in [2.24, 2.45) is 0 Å². The maximum absolute atomic E-state index is 11.5. The minimum absolute atomic E-state index is 0.182. The van der Waals surface area contributed by atoms with Gasteiger partial charge in [0.05, 0.1) is 6.54 Å². The maximum atomic E-state index is 11.5. The van der Waals surface area contributed by atoms with Crippen molar-refractivity contribution >= 4 is 17.4 Å². The van der Waals surface area contributed by atoms with Crippen LogP contribution in [0.1, 0.15) is 25.8 Å². The van der Waals surface area contributed by atoms with Crippen molar-refractivity contribution in [2.45, 2.75) is 25.9 Å². The zero-order valence-electron chi connectivity index (χ0n) is 11.4. The second kappa shape index (κ2) is 8.14. The molecule has 108 valence electrons. The maximum Gasteiger partial charge on any atom is 0.314 e. The Morgan fingerprint density at radius 3 is 2.95 bits per heavy atom. The quantitative estimate of drug-likeness (QED) is 0.637. The SMILES string of the molecule is CCOCCCNC(=O)NCC(C)(O)c1ccsc1. The van der Waals surface area contributed by atoms with Gasteiger partial charge in [0.25, 0.3) is 0 Å². The average Bonchev–Trinajstić information content (AvgIpc) is 2.91. The summed E-state index contributed by atoms with van der Waals surface area (Å²) >= 11 is 1.52. The van der Waals surface area contributed by atoms with Crippen LogP contribution in [0.3, 0.4) is 0 Å². The Morgan fingerprint density at radius 2 is 2.32 bits per heavy atom. The number of hydrogen-bond donors (Lipinski definition) is 3. The number of carbonyl (C=O) groups is 1. The Bertz CT molecular complexity index is 366. The molecule has 1 aromatic rings. The third kappa shape index (κ3) is 6.04. The lowest BCUT2D eigenvalue weighted by atomic mass is 9.99. The van der Waals surface area contributed by atoms with Gasteiger partial charge < -0.3 is 20.5 Å². The van der Waals surface area contributed by atoms with E-state index >= 15 is 0 Å². The van der Waals surface area contributed by atoms with E-state index in [0.717, 1.165) is 12.0 Å². The van der Waals surface area contributed by atoms with E-state index in [9.17, 15) is 9.90 Å². The topological polar surface area (TPSA) is 70.6 Å². The fourth-order valence-corrected chi connectivity index (χ4v) is 2.29. The lowest BCUT2D eigenvalue weighted by Crippen LogP contribution is -2.43. The van der Waals surface area contributed by atoms with Crippen molar-refractivity contribution in [3.63, 3.8) is 0 Å². The van der Waals surface area contributed by atoms with Crippen LogP contribution in [0.4, 0.5) is 4.79 Å². The van der Waals surface area contributed by atoms with E-state index in [-0.39, 0.29) is 12.6 Å². The Kier molecular flexibility index (Phi) is 6.83. The number of carbonyl (C=O) groups excluding carboxylic acids is 1. The zero-order chi connectivity index (χ0) is 14.1. The number of urea groups is 1. The number of aliphatic hydroxyl groups is 1. The van der Waals surface area contributed by atoms with Gasteiger partial charge in [0, 0.05) is 19.8 Å². The molecule has 0 aliphatic rings. The number of nitrogens with one attached hydrogen (secondary N) is 2. The predicted octanol–water partition coefficient (Wildman–Crippen LogP) is 1.68. The summed E-state index contributed by atoms with van der Waals surface area (Å²) in [6, 6.07) is 1.58. The van der Waals surface area contributed by atoms with Crippen molar-refractivity contribution in [1.29, 1.82) is 0 Å². The molecule has 0 fully saturated rings. The van der Waals surface area contributed by atoms with Gasteiger partial charge in [-0.1, -0.05) is 0 Å². The standard InChI is InChI=1S/C13H22N2O3S/c1-3-18-7-4-6-14-12(16)15-10-13(2,17)11-5-8-19-9-11/h5,8-9,17H,3-4,6-7,10H2,1-2H3,(H2,14,15,16). The molecule has 6 heteroatoms. The van der Waals surface area contributed by atoms with Crippen LogP contribution in [0, 0.1) is 0 Å². The molecule has 2 amide bonds. The normalized spacial score (nSPS) is 13.8. The van der Waals surface area contributed by atoms with Crippen LogP contribution < -0.4 is 10.6 Å². The Balaban J connectivity index is 2.19. The third-order valence-electron chi connectivity index (χ3n) is 2.69. The van der Waals surface area contributed by atoms with Crippen LogP contribution in [0.25, 0.3) is 0 Å². The second-order valence-corrected chi connectivity index (χ2v) is 5.23. The molecule has 3 N–H and O–H groups in total. The van der Waals surface area contributed by atoms with E-state index in [1.54, 1.807) is 6.92 Å². The molecule has 1 heterocycles. The highest BCUT2D eigenvalue weighted by molar-refractivity contribution is 7.08. The molecule has 0 aliphatic carbocycles. The average molecular weight is 286 g/mol. The summed E-state index contributed by atoms with van der Waals surface area (Å²) in [6.45, 7) is 5.70. The van der Waals surface area contributed by atoms with E-state index in [4.69, 9.17) is 4.74 Å². The van der Waals surface area contributed by atoms with Crippen molar-refractivity contribution < 1.29 is 14.6 Å². The summed E-state index contributed by atoms with van der Waals surface area (Å²) < 4.78 is 5.17. The van der Waals surface area contributed by atoms with Crippen LogP contribution in [-0.4, -0.2) is 37.4 Å². The van der Waals surface area contributed by atoms with Gasteiger partial charge in [-0.25, -0.2) is 4.79 Å². The monoisotopic (exact) mass is 286 g/mol. The summed E-state index contributed by atoms with van der Waals surface area (Å²) in [5, 5.41) is 19.4. The number of thiophene rings is 1. The smallest absolute Gasteiger partial charge is 0.314 e. The minimum atomic E-state index is -1.04. The molecular weight excluding hydrogens is 264 g/mol. The van der Waals surface area contributed by atoms with Crippen LogP contribution in [0.15, 0.2) is 16.8 Å². The summed E-state index contributed by atoms with van der Waals surface area (Å²) in [6.07, 6.45) is 0.780. The molecule has 5 nitrogen and oxygen atoms in total. The van der Waals surface area contributed by atoms with Gasteiger partial charge >= 0.3 is 6.03 Å². The largest absolute Gasteiger partial charge is 0.384 e. The van der Waals surface area contributed by atoms with Crippen LogP contribution in [-0.2, 0) is 10.3 Å². The Labute approximate surface area is 118 Å². The molecule has 1 atom stereocenters. The summed E-state index contributed by atoms with van der Waals surface area (Å²) in [5.41, 5.74) is -0.225. The van der Waals surface area contributed by atoms with Crippen LogP contribution in [0.5, 0.6) is 0 Å². The van der Waals surface area contributed by atoms with Crippen LogP contribution in [0.2, 0.25) is 0 Å². The molecule has 19 heavy (non-hydrogen) atoms. The molecule has 0 saturated carbocycles. The van der Waals surface area contributed by atoms with Crippen molar-refractivity contribution in [3.8, 4) is 0 Å². The first kappa shape index (κ1) is 15.9. The van der Waals surface area contributed by atoms with E-state index in [0.29, 0.717) is 19.8 Å². The number of hydrogen-bond acceptors (Lipinski definition) is 4. The van der Waals surface area contributed by atoms with Gasteiger partial charge in [0.1, 0.15) is 5.60 Å². The molecule has 0 spiro atoms. The second-order valence-electron chi connectivity index (χ2n) is 4.45. The zero-order valence-corrected chi connectivity index (χ0v) is 12.3. The molecular formula is C13H22N2O3S. The predicted molar refractivity (Wildman–Crippen MR) is 76.4 cm³/mol. The molecule has 0 saturated heterocycles. The first-order valence-corrected chi connectivity index (χ1v) is 7.35. The van der Waals surface area contributed by atoms with Crippen molar-refractivity contribution in [2.75, 3.05) is 26.3 Å². The van der Waals surface area contributed by atoms with Crippen LogP contribution >= 0.6 is 11.3 Å². The van der Waals surface area contributed by atoms with E-state index in [1.807, 2.05) is 23.8 Å². The Morgan fingerprint density at radius 1 is 1.53 bits per heavy atom.